The molecule has 1 rings (SSSR count). The molecule has 1 aliphatic heterocycles. The molecule has 202 valence electrons. The minimum Gasteiger partial charge on any atom is -0.361 e. The molecule has 1 heterocycles. The Morgan fingerprint density at radius 1 is 0.971 bits per heavy atom. The fraction of sp³-hybridized carbons (Fsp3) is 0.840. The summed E-state index contributed by atoms with van der Waals surface area (Å²) in [5, 5.41) is 8.32. The maximum atomic E-state index is 13.2. The lowest BCUT2D eigenvalue weighted by Crippen LogP contribution is -2.58. The second-order valence-corrected chi connectivity index (χ2v) is 12.0. The van der Waals surface area contributed by atoms with E-state index in [1.807, 2.05) is 34.6 Å². The van der Waals surface area contributed by atoms with Gasteiger partial charge in [0, 0.05) is 29.2 Å². The van der Waals surface area contributed by atoms with Crippen LogP contribution in [-0.2, 0) is 34.7 Å². The highest BCUT2D eigenvalue weighted by atomic mass is 32.2. The standard InChI is InChI=1S/C25H45N3O6S/c1-8-9-10-11-20(29)28-21(17(4)5)24(32)26-18(12-13-35(7)33)23(31)27-19(14-16(2)3)22(30)25(6)15-34-25/h16-19,21H,8-15H2,1-7H3,(H,26,32)(H,27,31)(H,28,29)/t18-,19-,21-,25+,35?/m0/s1. The molecule has 0 bridgehead atoms. The van der Waals surface area contributed by atoms with Crippen LogP contribution in [0.15, 0.2) is 0 Å². The molecular weight excluding hydrogens is 470 g/mol. The average molecular weight is 516 g/mol. The van der Waals surface area contributed by atoms with Crippen LogP contribution >= 0.6 is 0 Å². The Labute approximate surface area is 212 Å². The first-order chi connectivity index (χ1) is 16.3. The van der Waals surface area contributed by atoms with Crippen molar-refractivity contribution < 1.29 is 28.1 Å². The van der Waals surface area contributed by atoms with Gasteiger partial charge in [-0.1, -0.05) is 47.5 Å². The van der Waals surface area contributed by atoms with Crippen molar-refractivity contribution in [3.8, 4) is 0 Å². The molecule has 0 radical (unpaired) electrons. The van der Waals surface area contributed by atoms with Crippen molar-refractivity contribution in [1.29, 1.82) is 0 Å². The van der Waals surface area contributed by atoms with Crippen LogP contribution in [0.5, 0.6) is 0 Å². The maximum Gasteiger partial charge on any atom is 0.243 e. The van der Waals surface area contributed by atoms with Crippen LogP contribution in [0.4, 0.5) is 0 Å². The van der Waals surface area contributed by atoms with Crippen molar-refractivity contribution >= 4 is 34.3 Å². The minimum absolute atomic E-state index is 0.145. The fourth-order valence-electron chi connectivity index (χ4n) is 3.72. The van der Waals surface area contributed by atoms with Gasteiger partial charge >= 0.3 is 0 Å². The summed E-state index contributed by atoms with van der Waals surface area (Å²) in [4.78, 5) is 51.6. The van der Waals surface area contributed by atoms with E-state index in [0.717, 1.165) is 19.3 Å². The molecule has 0 aromatic rings. The van der Waals surface area contributed by atoms with Crippen LogP contribution in [0.25, 0.3) is 0 Å². The van der Waals surface area contributed by atoms with E-state index >= 15 is 0 Å². The molecule has 1 saturated heterocycles. The predicted molar refractivity (Wildman–Crippen MR) is 137 cm³/mol. The summed E-state index contributed by atoms with van der Waals surface area (Å²) in [5.41, 5.74) is -0.888. The Morgan fingerprint density at radius 3 is 2.06 bits per heavy atom. The largest absolute Gasteiger partial charge is 0.361 e. The number of rotatable bonds is 17. The maximum absolute atomic E-state index is 13.2. The number of Topliss-reactive ketones (excluding diaryl/α,β-unsaturated/α-hetero) is 1. The van der Waals surface area contributed by atoms with E-state index in [9.17, 15) is 23.4 Å². The lowest BCUT2D eigenvalue weighted by atomic mass is 9.93. The van der Waals surface area contributed by atoms with E-state index in [1.165, 1.54) is 6.26 Å². The number of ether oxygens (including phenoxy) is 1. The first-order valence-corrected chi connectivity index (χ1v) is 14.4. The van der Waals surface area contributed by atoms with Gasteiger partial charge in [0.25, 0.3) is 0 Å². The highest BCUT2D eigenvalue weighted by Crippen LogP contribution is 2.29. The molecule has 10 heteroatoms. The minimum atomic E-state index is -1.17. The number of hydrogen-bond donors (Lipinski definition) is 3. The van der Waals surface area contributed by atoms with Gasteiger partial charge in [-0.2, -0.15) is 0 Å². The second kappa shape index (κ2) is 14.7. The second-order valence-electron chi connectivity index (χ2n) is 10.4. The molecule has 0 spiro atoms. The van der Waals surface area contributed by atoms with Gasteiger partial charge in [0.15, 0.2) is 5.78 Å². The van der Waals surface area contributed by atoms with E-state index in [0.29, 0.717) is 19.4 Å². The van der Waals surface area contributed by atoms with E-state index in [4.69, 9.17) is 4.74 Å². The Balaban J connectivity index is 2.95. The Hall–Kier alpha value is -1.81. The predicted octanol–water partition coefficient (Wildman–Crippen LogP) is 1.85. The molecule has 5 atom stereocenters. The van der Waals surface area contributed by atoms with Crippen LogP contribution < -0.4 is 16.0 Å². The highest BCUT2D eigenvalue weighted by molar-refractivity contribution is 7.84. The third-order valence-electron chi connectivity index (χ3n) is 6.04. The zero-order valence-corrected chi connectivity index (χ0v) is 23.2. The number of epoxide rings is 1. The molecule has 1 aliphatic rings. The van der Waals surface area contributed by atoms with E-state index in [-0.39, 0.29) is 35.7 Å². The van der Waals surface area contributed by atoms with Gasteiger partial charge in [-0.3, -0.25) is 23.4 Å². The summed E-state index contributed by atoms with van der Waals surface area (Å²) >= 11 is 0. The molecular formula is C25H45N3O6S. The molecule has 0 saturated carbocycles. The number of ketones is 1. The molecule has 35 heavy (non-hydrogen) atoms. The normalized spacial score (nSPS) is 20.6. The summed E-state index contributed by atoms with van der Waals surface area (Å²) in [6.45, 7) is 11.6. The molecule has 9 nitrogen and oxygen atoms in total. The van der Waals surface area contributed by atoms with Gasteiger partial charge < -0.3 is 20.7 Å². The third kappa shape index (κ3) is 11.2. The lowest BCUT2D eigenvalue weighted by molar-refractivity contribution is -0.135. The van der Waals surface area contributed by atoms with Crippen molar-refractivity contribution in [3.05, 3.63) is 0 Å². The van der Waals surface area contributed by atoms with Gasteiger partial charge in [-0.05, 0) is 38.0 Å². The number of amides is 3. The molecule has 1 fully saturated rings. The first-order valence-electron chi connectivity index (χ1n) is 12.7. The van der Waals surface area contributed by atoms with Crippen molar-refractivity contribution in [2.24, 2.45) is 11.8 Å². The molecule has 3 amide bonds. The SMILES string of the molecule is CCCCCC(=O)N[C@H](C(=O)N[C@@H](CCS(C)=O)C(=O)N[C@@H](CC(C)C)C(=O)[C@@]1(C)CO1)C(C)C. The van der Waals surface area contributed by atoms with Crippen molar-refractivity contribution in [3.63, 3.8) is 0 Å². The Morgan fingerprint density at radius 2 is 1.57 bits per heavy atom. The van der Waals surface area contributed by atoms with E-state index < -0.39 is 46.3 Å². The zero-order chi connectivity index (χ0) is 26.8. The summed E-state index contributed by atoms with van der Waals surface area (Å²) in [6, 6.07) is -2.54. The van der Waals surface area contributed by atoms with Gasteiger partial charge in [-0.15, -0.1) is 0 Å². The molecule has 0 aliphatic carbocycles. The van der Waals surface area contributed by atoms with Crippen LogP contribution in [-0.4, -0.2) is 70.1 Å². The first kappa shape index (κ1) is 31.2. The van der Waals surface area contributed by atoms with Crippen LogP contribution in [0, 0.1) is 11.8 Å². The molecule has 3 N–H and O–H groups in total. The average Bonchev–Trinajstić information content (AvgIpc) is 3.51. The number of unbranched alkanes of at least 4 members (excludes halogenated alkanes) is 2. The number of carbonyl (C=O) groups excluding carboxylic acids is 4. The number of nitrogens with one attached hydrogen (secondary N) is 3. The summed E-state index contributed by atoms with van der Waals surface area (Å²) < 4.78 is 17.0. The van der Waals surface area contributed by atoms with Gasteiger partial charge in [0.2, 0.25) is 17.7 Å². The monoisotopic (exact) mass is 515 g/mol. The Kier molecular flexibility index (Phi) is 13.1. The summed E-state index contributed by atoms with van der Waals surface area (Å²) in [7, 11) is -1.17. The van der Waals surface area contributed by atoms with Crippen LogP contribution in [0.3, 0.4) is 0 Å². The Bertz CT molecular complexity index is 766. The molecule has 0 aromatic heterocycles. The highest BCUT2D eigenvalue weighted by Gasteiger charge is 2.50. The molecule has 0 aromatic carbocycles. The van der Waals surface area contributed by atoms with Gasteiger partial charge in [0.05, 0.1) is 12.6 Å². The number of hydrogen-bond acceptors (Lipinski definition) is 6. The zero-order valence-electron chi connectivity index (χ0n) is 22.4. The van der Waals surface area contributed by atoms with Crippen molar-refractivity contribution in [2.75, 3.05) is 18.6 Å². The van der Waals surface area contributed by atoms with Crippen molar-refractivity contribution in [1.82, 2.24) is 16.0 Å². The van der Waals surface area contributed by atoms with Crippen LogP contribution in [0.2, 0.25) is 0 Å². The fourth-order valence-corrected chi connectivity index (χ4v) is 4.29. The smallest absolute Gasteiger partial charge is 0.243 e. The van der Waals surface area contributed by atoms with Crippen molar-refractivity contribution in [2.45, 2.75) is 104 Å². The number of carbonyl (C=O) groups is 4. The van der Waals surface area contributed by atoms with Gasteiger partial charge in [0.1, 0.15) is 17.7 Å². The molecule has 1 unspecified atom stereocenters. The summed E-state index contributed by atoms with van der Waals surface area (Å²) in [6.07, 6.45) is 5.11. The quantitative estimate of drug-likeness (QED) is 0.200. The van der Waals surface area contributed by atoms with Gasteiger partial charge in [-0.25, -0.2) is 0 Å². The lowest BCUT2D eigenvalue weighted by Gasteiger charge is -2.27. The van der Waals surface area contributed by atoms with E-state index in [1.54, 1.807) is 6.92 Å². The third-order valence-corrected chi connectivity index (χ3v) is 6.85. The van der Waals surface area contributed by atoms with Crippen LogP contribution in [0.1, 0.15) is 80.1 Å². The van der Waals surface area contributed by atoms with E-state index in [2.05, 4.69) is 16.0 Å². The topological polar surface area (TPSA) is 134 Å². The summed E-state index contributed by atoms with van der Waals surface area (Å²) in [5.74, 6) is -1.23.